The standard InChI is InChI=1S/C17H24F2O4/c1-15(2,3)14(22)23-16(17(18,19)13(20)21)11-5-9-4-10(7-11)8-12(16)6-9/h9-12H,4-8H2,1-3H3,(H,20,21)/p-1. The number of rotatable bonds is 3. The van der Waals surface area contributed by atoms with E-state index < -0.39 is 40.7 Å². The minimum atomic E-state index is -4.17. The van der Waals surface area contributed by atoms with Gasteiger partial charge in [0.1, 0.15) is 5.97 Å². The third-order valence-electron chi connectivity index (χ3n) is 5.97. The van der Waals surface area contributed by atoms with Crippen LogP contribution in [0.15, 0.2) is 0 Å². The maximum absolute atomic E-state index is 14.8. The number of alkyl halides is 2. The molecule has 0 N–H and O–H groups in total. The van der Waals surface area contributed by atoms with Gasteiger partial charge in [-0.15, -0.1) is 0 Å². The van der Waals surface area contributed by atoms with Gasteiger partial charge >= 0.3 is 11.9 Å². The molecule has 4 fully saturated rings. The minimum Gasteiger partial charge on any atom is -0.544 e. The Labute approximate surface area is 134 Å². The van der Waals surface area contributed by atoms with Gasteiger partial charge in [-0.05, 0) is 64.7 Å². The van der Waals surface area contributed by atoms with Crippen molar-refractivity contribution in [1.29, 1.82) is 0 Å². The second-order valence-electron chi connectivity index (χ2n) is 8.60. The molecule has 0 saturated heterocycles. The molecule has 0 aliphatic heterocycles. The predicted molar refractivity (Wildman–Crippen MR) is 75.3 cm³/mol. The number of halogens is 2. The maximum Gasteiger partial charge on any atom is 0.326 e. The summed E-state index contributed by atoms with van der Waals surface area (Å²) in [7, 11) is 0. The van der Waals surface area contributed by atoms with Crippen LogP contribution < -0.4 is 5.11 Å². The Kier molecular flexibility index (Phi) is 3.55. The summed E-state index contributed by atoms with van der Waals surface area (Å²) in [5.41, 5.74) is -3.21. The number of carboxylic acids is 1. The summed E-state index contributed by atoms with van der Waals surface area (Å²) < 4.78 is 34.9. The van der Waals surface area contributed by atoms with E-state index in [4.69, 9.17) is 4.74 Å². The lowest BCUT2D eigenvalue weighted by Gasteiger charge is -2.62. The quantitative estimate of drug-likeness (QED) is 0.744. The van der Waals surface area contributed by atoms with Crippen LogP contribution in [0, 0.1) is 29.1 Å². The van der Waals surface area contributed by atoms with Gasteiger partial charge in [-0.3, -0.25) is 4.79 Å². The van der Waals surface area contributed by atoms with Crippen molar-refractivity contribution in [3.05, 3.63) is 0 Å². The van der Waals surface area contributed by atoms with E-state index in [0.717, 1.165) is 6.42 Å². The van der Waals surface area contributed by atoms with Crippen LogP contribution in [0.3, 0.4) is 0 Å². The summed E-state index contributed by atoms with van der Waals surface area (Å²) in [6, 6.07) is 0. The van der Waals surface area contributed by atoms with Gasteiger partial charge in [0.2, 0.25) is 0 Å². The van der Waals surface area contributed by atoms with E-state index in [-0.39, 0.29) is 0 Å². The van der Waals surface area contributed by atoms with Gasteiger partial charge in [0, 0.05) is 11.8 Å². The van der Waals surface area contributed by atoms with E-state index in [1.807, 2.05) is 0 Å². The lowest BCUT2D eigenvalue weighted by atomic mass is 9.48. The third kappa shape index (κ3) is 2.28. The predicted octanol–water partition coefficient (Wildman–Crippen LogP) is 2.16. The molecule has 0 heterocycles. The van der Waals surface area contributed by atoms with E-state index in [2.05, 4.69) is 0 Å². The van der Waals surface area contributed by atoms with Crippen LogP contribution in [0.25, 0.3) is 0 Å². The molecule has 0 atom stereocenters. The van der Waals surface area contributed by atoms with Gasteiger partial charge in [0.05, 0.1) is 5.41 Å². The normalized spacial score (nSPS) is 39.3. The van der Waals surface area contributed by atoms with Crippen LogP contribution >= 0.6 is 0 Å². The smallest absolute Gasteiger partial charge is 0.326 e. The van der Waals surface area contributed by atoms with Crippen molar-refractivity contribution < 1.29 is 28.2 Å². The molecule has 4 nitrogen and oxygen atoms in total. The topological polar surface area (TPSA) is 66.4 Å². The van der Waals surface area contributed by atoms with E-state index >= 15 is 0 Å². The number of carbonyl (C=O) groups excluding carboxylic acids is 2. The molecule has 23 heavy (non-hydrogen) atoms. The van der Waals surface area contributed by atoms with Gasteiger partial charge in [-0.2, -0.15) is 8.78 Å². The van der Waals surface area contributed by atoms with Gasteiger partial charge in [-0.25, -0.2) is 0 Å². The Morgan fingerprint density at radius 3 is 1.78 bits per heavy atom. The average molecular weight is 329 g/mol. The van der Waals surface area contributed by atoms with Crippen molar-refractivity contribution in [3.63, 3.8) is 0 Å². The van der Waals surface area contributed by atoms with Crippen LogP contribution in [0.4, 0.5) is 8.78 Å². The zero-order chi connectivity index (χ0) is 17.2. The van der Waals surface area contributed by atoms with Crippen molar-refractivity contribution in [2.24, 2.45) is 29.1 Å². The Balaban J connectivity index is 2.05. The lowest BCUT2D eigenvalue weighted by molar-refractivity contribution is -0.361. The molecular formula is C17H23F2O4-. The van der Waals surface area contributed by atoms with Crippen LogP contribution in [0.2, 0.25) is 0 Å². The second kappa shape index (κ2) is 4.90. The third-order valence-corrected chi connectivity index (χ3v) is 5.97. The molecule has 0 aromatic carbocycles. The molecule has 4 bridgehead atoms. The first kappa shape index (κ1) is 16.7. The van der Waals surface area contributed by atoms with Gasteiger partial charge < -0.3 is 14.6 Å². The van der Waals surface area contributed by atoms with Crippen molar-refractivity contribution in [2.45, 2.75) is 64.4 Å². The summed E-state index contributed by atoms with van der Waals surface area (Å²) in [5, 5.41) is 11.2. The van der Waals surface area contributed by atoms with Crippen LogP contribution in [0.5, 0.6) is 0 Å². The first-order valence-electron chi connectivity index (χ1n) is 8.31. The highest BCUT2D eigenvalue weighted by Crippen LogP contribution is 2.63. The molecule has 4 aliphatic rings. The number of hydrogen-bond donors (Lipinski definition) is 0. The summed E-state index contributed by atoms with van der Waals surface area (Å²) >= 11 is 0. The molecule has 4 saturated carbocycles. The zero-order valence-electron chi connectivity index (χ0n) is 13.7. The minimum absolute atomic E-state index is 0.344. The highest BCUT2D eigenvalue weighted by Gasteiger charge is 2.71. The Bertz CT molecular complexity index is 507. The summed E-state index contributed by atoms with van der Waals surface area (Å²) in [6.45, 7) is 4.74. The fraction of sp³-hybridized carbons (Fsp3) is 0.882. The van der Waals surface area contributed by atoms with Gasteiger partial charge in [0.15, 0.2) is 5.60 Å². The molecule has 6 heteroatoms. The molecular weight excluding hydrogens is 306 g/mol. The van der Waals surface area contributed by atoms with Crippen LogP contribution in [-0.4, -0.2) is 23.5 Å². The van der Waals surface area contributed by atoms with E-state index in [1.165, 1.54) is 0 Å². The molecule has 0 radical (unpaired) electrons. The Morgan fingerprint density at radius 1 is 1.00 bits per heavy atom. The van der Waals surface area contributed by atoms with E-state index in [0.29, 0.717) is 37.5 Å². The first-order chi connectivity index (χ1) is 10.5. The summed E-state index contributed by atoms with van der Waals surface area (Å²) in [5.74, 6) is -7.89. The molecule has 4 aliphatic carbocycles. The fourth-order valence-electron chi connectivity index (χ4n) is 5.09. The van der Waals surface area contributed by atoms with E-state index in [1.54, 1.807) is 20.8 Å². The van der Waals surface area contributed by atoms with Crippen molar-refractivity contribution >= 4 is 11.9 Å². The largest absolute Gasteiger partial charge is 0.544 e. The van der Waals surface area contributed by atoms with Crippen molar-refractivity contribution in [1.82, 2.24) is 0 Å². The fourth-order valence-corrected chi connectivity index (χ4v) is 5.09. The number of ether oxygens (including phenoxy) is 1. The number of hydrogen-bond acceptors (Lipinski definition) is 4. The molecule has 0 aromatic rings. The molecule has 0 amide bonds. The van der Waals surface area contributed by atoms with E-state index in [9.17, 15) is 23.5 Å². The highest BCUT2D eigenvalue weighted by atomic mass is 19.3. The summed E-state index contributed by atoms with van der Waals surface area (Å²) in [6.07, 6.45) is 3.05. The molecule has 0 spiro atoms. The van der Waals surface area contributed by atoms with Gasteiger partial charge in [-0.1, -0.05) is 0 Å². The average Bonchev–Trinajstić information content (AvgIpc) is 2.40. The molecule has 130 valence electrons. The van der Waals surface area contributed by atoms with Gasteiger partial charge in [0.25, 0.3) is 0 Å². The number of aliphatic carboxylic acids is 1. The van der Waals surface area contributed by atoms with Crippen LogP contribution in [-0.2, 0) is 14.3 Å². The first-order valence-corrected chi connectivity index (χ1v) is 8.31. The van der Waals surface area contributed by atoms with Crippen molar-refractivity contribution in [3.8, 4) is 0 Å². The Morgan fingerprint density at radius 2 is 1.43 bits per heavy atom. The monoisotopic (exact) mass is 329 g/mol. The second-order valence-corrected chi connectivity index (χ2v) is 8.60. The number of carboxylic acid groups (broad SMARTS) is 1. The molecule has 0 unspecified atom stereocenters. The number of esters is 1. The summed E-state index contributed by atoms with van der Waals surface area (Å²) in [4.78, 5) is 23.6. The highest BCUT2D eigenvalue weighted by molar-refractivity contribution is 5.79. The molecule has 0 aromatic heterocycles. The van der Waals surface area contributed by atoms with Crippen molar-refractivity contribution in [2.75, 3.05) is 0 Å². The van der Waals surface area contributed by atoms with Crippen LogP contribution in [0.1, 0.15) is 52.9 Å². The SMILES string of the molecule is CC(C)(C)C(=O)OC1(C(F)(F)C(=O)[O-])C2CC3CC(C2)CC1C3. The number of carbonyl (C=O) groups is 2. The lowest BCUT2D eigenvalue weighted by Crippen LogP contribution is -2.72. The maximum atomic E-state index is 14.8. The molecule has 4 rings (SSSR count). The Hall–Kier alpha value is -1.20. The zero-order valence-corrected chi connectivity index (χ0v) is 13.7.